The van der Waals surface area contributed by atoms with E-state index in [4.69, 9.17) is 14.2 Å². The fourth-order valence-electron chi connectivity index (χ4n) is 5.34. The predicted molar refractivity (Wildman–Crippen MR) is 122 cm³/mol. The lowest BCUT2D eigenvalue weighted by Crippen LogP contribution is -2.47. The Morgan fingerprint density at radius 2 is 1.97 bits per heavy atom. The summed E-state index contributed by atoms with van der Waals surface area (Å²) in [4.78, 5) is 15.0. The third-order valence-corrected chi connectivity index (χ3v) is 6.94. The molecule has 9 nitrogen and oxygen atoms in total. The molecule has 1 aromatic heterocycles. The van der Waals surface area contributed by atoms with Crippen molar-refractivity contribution in [1.29, 1.82) is 0 Å². The topological polar surface area (TPSA) is 91.6 Å². The van der Waals surface area contributed by atoms with Gasteiger partial charge in [0.05, 0.1) is 33.8 Å². The molecule has 0 bridgehead atoms. The number of aromatic nitrogens is 4. The minimum Gasteiger partial charge on any atom is -0.493 e. The van der Waals surface area contributed by atoms with E-state index in [-0.39, 0.29) is 12.4 Å². The van der Waals surface area contributed by atoms with Gasteiger partial charge in [0.25, 0.3) is 0 Å². The molecule has 0 spiro atoms. The number of esters is 1. The molecular formula is C24H35N5O4. The van der Waals surface area contributed by atoms with Crippen LogP contribution in [0, 0.1) is 17.8 Å². The molecule has 1 aromatic carbocycles. The summed E-state index contributed by atoms with van der Waals surface area (Å²) in [5.41, 5.74) is 2.64. The summed E-state index contributed by atoms with van der Waals surface area (Å²) >= 11 is 0. The maximum absolute atomic E-state index is 12.4. The van der Waals surface area contributed by atoms with Crippen molar-refractivity contribution in [2.24, 2.45) is 17.8 Å². The van der Waals surface area contributed by atoms with Crippen molar-refractivity contribution in [2.45, 2.75) is 52.1 Å². The van der Waals surface area contributed by atoms with Crippen LogP contribution in [-0.4, -0.2) is 65.0 Å². The highest BCUT2D eigenvalue weighted by atomic mass is 16.5. The van der Waals surface area contributed by atoms with Gasteiger partial charge in [0, 0.05) is 19.1 Å². The van der Waals surface area contributed by atoms with E-state index in [1.807, 2.05) is 0 Å². The van der Waals surface area contributed by atoms with Crippen LogP contribution in [0.4, 0.5) is 0 Å². The highest BCUT2D eigenvalue weighted by Crippen LogP contribution is 2.45. The number of tetrazole rings is 1. The fraction of sp³-hybridized carbons (Fsp3) is 0.667. The molecule has 3 heterocycles. The van der Waals surface area contributed by atoms with Gasteiger partial charge in [-0.15, -0.1) is 5.10 Å². The zero-order valence-corrected chi connectivity index (χ0v) is 20.1. The monoisotopic (exact) mass is 457 g/mol. The molecule has 180 valence electrons. The number of fused-ring (bicyclic) bond motifs is 3. The van der Waals surface area contributed by atoms with E-state index < -0.39 is 0 Å². The van der Waals surface area contributed by atoms with Crippen LogP contribution in [0.3, 0.4) is 0 Å². The average molecular weight is 458 g/mol. The first-order valence-electron chi connectivity index (χ1n) is 11.8. The fourth-order valence-corrected chi connectivity index (χ4v) is 5.34. The molecule has 0 aliphatic carbocycles. The van der Waals surface area contributed by atoms with E-state index in [1.165, 1.54) is 17.5 Å². The molecule has 0 N–H and O–H groups in total. The summed E-state index contributed by atoms with van der Waals surface area (Å²) < 4.78 is 18.4. The molecule has 3 atom stereocenters. The molecule has 4 rings (SSSR count). The second-order valence-electron chi connectivity index (χ2n) is 9.56. The van der Waals surface area contributed by atoms with Gasteiger partial charge in [0.2, 0.25) is 0 Å². The zero-order valence-electron chi connectivity index (χ0n) is 20.1. The summed E-state index contributed by atoms with van der Waals surface area (Å²) in [5.74, 6) is 2.79. The van der Waals surface area contributed by atoms with Gasteiger partial charge in [0.15, 0.2) is 11.5 Å². The van der Waals surface area contributed by atoms with Gasteiger partial charge in [-0.25, -0.2) is 4.68 Å². The van der Waals surface area contributed by atoms with Crippen molar-refractivity contribution in [2.75, 3.05) is 33.9 Å². The van der Waals surface area contributed by atoms with Crippen molar-refractivity contribution in [3.05, 3.63) is 29.6 Å². The molecular weight excluding hydrogens is 422 g/mol. The van der Waals surface area contributed by atoms with Crippen LogP contribution in [0.5, 0.6) is 11.5 Å². The molecule has 3 unspecified atom stereocenters. The maximum atomic E-state index is 12.4. The molecule has 33 heavy (non-hydrogen) atoms. The second kappa shape index (κ2) is 10.5. The number of carbonyl (C=O) groups excluding carboxylic acids is 1. The molecule has 1 fully saturated rings. The van der Waals surface area contributed by atoms with Gasteiger partial charge in [-0.05, 0) is 70.7 Å². The lowest BCUT2D eigenvalue weighted by Gasteiger charge is -2.47. The first-order chi connectivity index (χ1) is 16.0. The van der Waals surface area contributed by atoms with Gasteiger partial charge < -0.3 is 14.2 Å². The normalized spacial score (nSPS) is 22.5. The third-order valence-electron chi connectivity index (χ3n) is 6.94. The van der Waals surface area contributed by atoms with E-state index in [2.05, 4.69) is 46.4 Å². The van der Waals surface area contributed by atoms with Crippen LogP contribution in [0.2, 0.25) is 0 Å². The Hall–Kier alpha value is -2.68. The van der Waals surface area contributed by atoms with E-state index >= 15 is 0 Å². The van der Waals surface area contributed by atoms with Crippen LogP contribution in [-0.2, 0) is 22.5 Å². The highest BCUT2D eigenvalue weighted by Gasteiger charge is 2.40. The zero-order chi connectivity index (χ0) is 23.4. The summed E-state index contributed by atoms with van der Waals surface area (Å²) in [6.07, 6.45) is 4.89. The van der Waals surface area contributed by atoms with Crippen LogP contribution < -0.4 is 9.47 Å². The first-order valence-corrected chi connectivity index (χ1v) is 11.8. The largest absolute Gasteiger partial charge is 0.493 e. The number of ether oxygens (including phenoxy) is 3. The minimum absolute atomic E-state index is 0.202. The van der Waals surface area contributed by atoms with Gasteiger partial charge in [-0.1, -0.05) is 13.8 Å². The number of methoxy groups -OCH3 is 2. The highest BCUT2D eigenvalue weighted by molar-refractivity contribution is 5.69. The molecule has 2 aromatic rings. The Kier molecular flexibility index (Phi) is 7.47. The standard InChI is InChI=1S/C24H35N5O4/c1-16(2)9-18-13-28-7-5-17-11-22(31-3)23(32-4)12-20(17)21(28)10-19(18)14-33-24(30)6-8-29-15-25-26-27-29/h11-12,15-16,18-19,21H,5-10,13-14H2,1-4H3. The Balaban J connectivity index is 1.47. The second-order valence-corrected chi connectivity index (χ2v) is 9.56. The number of rotatable bonds is 9. The van der Waals surface area contributed by atoms with Crippen LogP contribution in [0.1, 0.15) is 50.3 Å². The van der Waals surface area contributed by atoms with E-state index in [0.717, 1.165) is 43.9 Å². The Labute approximate surface area is 195 Å². The SMILES string of the molecule is COc1cc2c(cc1OC)C1CC(COC(=O)CCn3cnnn3)C(CC(C)C)CN1CC2. The van der Waals surface area contributed by atoms with Crippen LogP contribution in [0.25, 0.3) is 0 Å². The van der Waals surface area contributed by atoms with Crippen molar-refractivity contribution in [3.8, 4) is 11.5 Å². The number of benzene rings is 1. The number of piperidine rings is 1. The third kappa shape index (κ3) is 5.46. The summed E-state index contributed by atoms with van der Waals surface area (Å²) in [6, 6.07) is 4.57. The van der Waals surface area contributed by atoms with Gasteiger partial charge in [-0.3, -0.25) is 9.69 Å². The Morgan fingerprint density at radius 3 is 2.67 bits per heavy atom. The summed E-state index contributed by atoms with van der Waals surface area (Å²) in [5, 5.41) is 11.0. The maximum Gasteiger partial charge on any atom is 0.307 e. The average Bonchev–Trinajstić information content (AvgIpc) is 3.33. The van der Waals surface area contributed by atoms with Crippen LogP contribution in [0.15, 0.2) is 18.5 Å². The molecule has 9 heteroatoms. The summed E-state index contributed by atoms with van der Waals surface area (Å²) in [7, 11) is 3.36. The number of aryl methyl sites for hydroxylation is 1. The predicted octanol–water partition coefficient (Wildman–Crippen LogP) is 2.91. The number of hydrogen-bond donors (Lipinski definition) is 0. The minimum atomic E-state index is -0.202. The van der Waals surface area contributed by atoms with Crippen LogP contribution >= 0.6 is 0 Å². The van der Waals surface area contributed by atoms with Gasteiger partial charge in [0.1, 0.15) is 6.33 Å². The summed E-state index contributed by atoms with van der Waals surface area (Å²) in [6.45, 7) is 7.49. The molecule has 0 saturated carbocycles. The van der Waals surface area contributed by atoms with E-state index in [1.54, 1.807) is 18.9 Å². The first kappa shape index (κ1) is 23.5. The van der Waals surface area contributed by atoms with E-state index in [9.17, 15) is 4.79 Å². The molecule has 0 radical (unpaired) electrons. The molecule has 2 aliphatic rings. The Bertz CT molecular complexity index is 933. The number of nitrogens with zero attached hydrogens (tertiary/aromatic N) is 5. The van der Waals surface area contributed by atoms with E-state index in [0.29, 0.717) is 36.9 Å². The number of carbonyl (C=O) groups is 1. The number of hydrogen-bond acceptors (Lipinski definition) is 8. The lowest BCUT2D eigenvalue weighted by molar-refractivity contribution is -0.147. The van der Waals surface area contributed by atoms with Crippen molar-refractivity contribution in [1.82, 2.24) is 25.1 Å². The molecule has 2 aliphatic heterocycles. The van der Waals surface area contributed by atoms with Crippen molar-refractivity contribution in [3.63, 3.8) is 0 Å². The van der Waals surface area contributed by atoms with Crippen molar-refractivity contribution >= 4 is 5.97 Å². The van der Waals surface area contributed by atoms with Gasteiger partial charge in [-0.2, -0.15) is 0 Å². The molecule has 1 saturated heterocycles. The Morgan fingerprint density at radius 1 is 1.18 bits per heavy atom. The smallest absolute Gasteiger partial charge is 0.307 e. The molecule has 0 amide bonds. The lowest BCUT2D eigenvalue weighted by atomic mass is 9.74. The quantitative estimate of drug-likeness (QED) is 0.531. The van der Waals surface area contributed by atoms with Crippen molar-refractivity contribution < 1.29 is 19.0 Å². The van der Waals surface area contributed by atoms with Gasteiger partial charge >= 0.3 is 5.97 Å².